The Morgan fingerprint density at radius 2 is 1.71 bits per heavy atom. The van der Waals surface area contributed by atoms with Crippen LogP contribution in [-0.4, -0.2) is 25.5 Å². The Morgan fingerprint density at radius 3 is 2.42 bits per heavy atom. The lowest BCUT2D eigenvalue weighted by Gasteiger charge is -2.23. The Bertz CT molecular complexity index is 791. The number of nitrogens with zero attached hydrogens (tertiary/aromatic N) is 1. The zero-order valence-electron chi connectivity index (χ0n) is 13.3. The van der Waals surface area contributed by atoms with Crippen LogP contribution in [0.1, 0.15) is 17.5 Å². The monoisotopic (exact) mass is 387 g/mol. The molecule has 0 aromatic heterocycles. The van der Waals surface area contributed by atoms with E-state index in [4.69, 9.17) is 11.6 Å². The van der Waals surface area contributed by atoms with Crippen LogP contribution in [0.3, 0.4) is 0 Å². The lowest BCUT2D eigenvalue weighted by Crippen LogP contribution is -2.12. The van der Waals surface area contributed by atoms with Crippen molar-refractivity contribution in [3.8, 4) is 0 Å². The maximum Gasteiger partial charge on any atom is 0.159 e. The van der Waals surface area contributed by atoms with Gasteiger partial charge in [0.1, 0.15) is 0 Å². The predicted octanol–water partition coefficient (Wildman–Crippen LogP) is 5.89. The minimum absolute atomic E-state index is 0. The van der Waals surface area contributed by atoms with E-state index in [2.05, 4.69) is 11.0 Å². The fourth-order valence-electron chi connectivity index (χ4n) is 2.58. The van der Waals surface area contributed by atoms with E-state index in [1.54, 1.807) is 0 Å². The largest absolute Gasteiger partial charge is 0.309 e. The number of fused-ring (bicyclic) bond motifs is 2. The number of rotatable bonds is 3. The highest BCUT2D eigenvalue weighted by Crippen LogP contribution is 2.46. The summed E-state index contributed by atoms with van der Waals surface area (Å²) in [5.74, 6) is -1.64. The van der Waals surface area contributed by atoms with Gasteiger partial charge >= 0.3 is 0 Å². The predicted molar refractivity (Wildman–Crippen MR) is 99.4 cm³/mol. The molecule has 0 aliphatic carbocycles. The van der Waals surface area contributed by atoms with E-state index in [1.165, 1.54) is 23.9 Å². The van der Waals surface area contributed by atoms with Crippen molar-refractivity contribution in [3.05, 3.63) is 64.2 Å². The van der Waals surface area contributed by atoms with E-state index in [1.807, 2.05) is 32.3 Å². The summed E-state index contributed by atoms with van der Waals surface area (Å²) in [5, 5.41) is 0.633. The molecule has 0 unspecified atom stereocenters. The average Bonchev–Trinajstić information content (AvgIpc) is 2.49. The van der Waals surface area contributed by atoms with Crippen LogP contribution < -0.4 is 0 Å². The molecule has 6 heteroatoms. The van der Waals surface area contributed by atoms with Crippen LogP contribution in [0, 0.1) is 11.6 Å². The lowest BCUT2D eigenvalue weighted by atomic mass is 9.95. The van der Waals surface area contributed by atoms with Crippen molar-refractivity contribution in [1.29, 1.82) is 0 Å². The molecule has 0 bridgehead atoms. The maximum absolute atomic E-state index is 13.7. The standard InChI is InChI=1S/C18H16ClF2NS.ClH/c1-22(2)7-3-4-12-13-8-11(19)5-6-17(13)23-18-10-16(21)15(20)9-14(12)18;/h4-6,8-10H,3,7H2,1-2H3;1H. The van der Waals surface area contributed by atoms with Gasteiger partial charge in [0.25, 0.3) is 0 Å². The summed E-state index contributed by atoms with van der Waals surface area (Å²) in [5.41, 5.74) is 2.61. The second-order valence-electron chi connectivity index (χ2n) is 5.71. The Balaban J connectivity index is 0.00000208. The van der Waals surface area contributed by atoms with E-state index in [0.717, 1.165) is 39.5 Å². The molecular weight excluding hydrogens is 371 g/mol. The minimum atomic E-state index is -0.826. The first kappa shape index (κ1) is 19.3. The van der Waals surface area contributed by atoms with E-state index in [-0.39, 0.29) is 12.4 Å². The van der Waals surface area contributed by atoms with Gasteiger partial charge in [-0.3, -0.25) is 0 Å². The number of benzene rings is 2. The minimum Gasteiger partial charge on any atom is -0.309 e. The molecule has 2 aromatic carbocycles. The van der Waals surface area contributed by atoms with Crippen molar-refractivity contribution >= 4 is 41.3 Å². The fraction of sp³-hybridized carbons (Fsp3) is 0.222. The molecule has 1 aliphatic heterocycles. The summed E-state index contributed by atoms with van der Waals surface area (Å²) in [6, 6.07) is 8.17. The maximum atomic E-state index is 13.7. The molecule has 0 atom stereocenters. The number of hydrogen-bond donors (Lipinski definition) is 0. The highest BCUT2D eigenvalue weighted by molar-refractivity contribution is 7.99. The molecule has 0 saturated heterocycles. The van der Waals surface area contributed by atoms with Crippen molar-refractivity contribution in [2.24, 2.45) is 0 Å². The summed E-state index contributed by atoms with van der Waals surface area (Å²) in [4.78, 5) is 3.82. The molecule has 0 fully saturated rings. The number of hydrogen-bond acceptors (Lipinski definition) is 2. The molecule has 1 aliphatic rings. The molecule has 128 valence electrons. The van der Waals surface area contributed by atoms with Crippen LogP contribution in [0.5, 0.6) is 0 Å². The Morgan fingerprint density at radius 1 is 1.04 bits per heavy atom. The zero-order valence-corrected chi connectivity index (χ0v) is 15.7. The van der Waals surface area contributed by atoms with Gasteiger partial charge in [-0.1, -0.05) is 29.4 Å². The van der Waals surface area contributed by atoms with Crippen molar-refractivity contribution in [2.45, 2.75) is 16.2 Å². The quantitative estimate of drug-likeness (QED) is 0.551. The first-order chi connectivity index (χ1) is 11.0. The van der Waals surface area contributed by atoms with Crippen LogP contribution in [0.2, 0.25) is 5.02 Å². The molecule has 1 heterocycles. The van der Waals surface area contributed by atoms with Crippen molar-refractivity contribution < 1.29 is 8.78 Å². The molecule has 0 amide bonds. The first-order valence-corrected chi connectivity index (χ1v) is 8.47. The molecule has 0 N–H and O–H groups in total. The molecule has 1 nitrogen and oxygen atoms in total. The molecule has 24 heavy (non-hydrogen) atoms. The summed E-state index contributed by atoms with van der Waals surface area (Å²) >= 11 is 7.57. The molecule has 0 saturated carbocycles. The molecule has 0 radical (unpaired) electrons. The normalized spacial score (nSPS) is 14.3. The molecular formula is C18H17Cl2F2NS. The van der Waals surface area contributed by atoms with Gasteiger partial charge in [-0.25, -0.2) is 8.78 Å². The second kappa shape index (κ2) is 7.87. The third-order valence-corrected chi connectivity index (χ3v) is 5.06. The fourth-order valence-corrected chi connectivity index (χ4v) is 3.84. The highest BCUT2D eigenvalue weighted by Gasteiger charge is 2.23. The second-order valence-corrected chi connectivity index (χ2v) is 7.23. The third-order valence-electron chi connectivity index (χ3n) is 3.69. The summed E-state index contributed by atoms with van der Waals surface area (Å²) in [6.07, 6.45) is 2.89. The van der Waals surface area contributed by atoms with Gasteiger partial charge in [-0.2, -0.15) is 0 Å². The van der Waals surface area contributed by atoms with Crippen molar-refractivity contribution in [3.63, 3.8) is 0 Å². The van der Waals surface area contributed by atoms with Crippen LogP contribution in [0.15, 0.2) is 46.2 Å². The van der Waals surface area contributed by atoms with Gasteiger partial charge in [-0.15, -0.1) is 12.4 Å². The van der Waals surface area contributed by atoms with Gasteiger partial charge in [-0.05, 0) is 67.5 Å². The van der Waals surface area contributed by atoms with Gasteiger partial charge in [0.2, 0.25) is 0 Å². The average molecular weight is 388 g/mol. The SMILES string of the molecule is CN(C)CCC=C1c2cc(Cl)ccc2Sc2cc(F)c(F)cc21.Cl. The summed E-state index contributed by atoms with van der Waals surface area (Å²) < 4.78 is 27.3. The van der Waals surface area contributed by atoms with E-state index >= 15 is 0 Å². The zero-order chi connectivity index (χ0) is 16.6. The Labute approximate surface area is 156 Å². The van der Waals surface area contributed by atoms with Crippen LogP contribution >= 0.6 is 35.8 Å². The van der Waals surface area contributed by atoms with E-state index < -0.39 is 11.6 Å². The van der Waals surface area contributed by atoms with Crippen molar-refractivity contribution in [1.82, 2.24) is 4.90 Å². The topological polar surface area (TPSA) is 3.24 Å². The number of halogens is 4. The van der Waals surface area contributed by atoms with Gasteiger partial charge in [0.15, 0.2) is 11.6 Å². The van der Waals surface area contributed by atoms with Gasteiger partial charge in [0.05, 0.1) is 0 Å². The van der Waals surface area contributed by atoms with Gasteiger partial charge in [0, 0.05) is 21.4 Å². The van der Waals surface area contributed by atoms with Gasteiger partial charge < -0.3 is 4.90 Å². The Kier molecular flexibility index (Phi) is 6.32. The smallest absolute Gasteiger partial charge is 0.159 e. The van der Waals surface area contributed by atoms with Crippen LogP contribution in [-0.2, 0) is 0 Å². The molecule has 0 spiro atoms. The third kappa shape index (κ3) is 3.94. The highest BCUT2D eigenvalue weighted by atomic mass is 35.5. The van der Waals surface area contributed by atoms with E-state index in [9.17, 15) is 8.78 Å². The Hall–Kier alpha value is -1.07. The summed E-state index contributed by atoms with van der Waals surface area (Å²) in [6.45, 7) is 0.881. The van der Waals surface area contributed by atoms with Crippen molar-refractivity contribution in [2.75, 3.05) is 20.6 Å². The molecule has 2 aromatic rings. The lowest BCUT2D eigenvalue weighted by molar-refractivity contribution is 0.417. The molecule has 3 rings (SSSR count). The first-order valence-electron chi connectivity index (χ1n) is 7.28. The summed E-state index contributed by atoms with van der Waals surface area (Å²) in [7, 11) is 4.01. The van der Waals surface area contributed by atoms with Crippen LogP contribution in [0.25, 0.3) is 5.57 Å². The van der Waals surface area contributed by atoms with E-state index in [0.29, 0.717) is 5.02 Å². The van der Waals surface area contributed by atoms with Crippen LogP contribution in [0.4, 0.5) is 8.78 Å².